The summed E-state index contributed by atoms with van der Waals surface area (Å²) in [7, 11) is 0. The normalized spacial score (nSPS) is 11.5. The highest BCUT2D eigenvalue weighted by atomic mass is 35.5. The largest absolute Gasteiger partial charge is 0.417 e. The number of hydrogen-bond donors (Lipinski definition) is 0. The number of aromatic nitrogens is 3. The van der Waals surface area contributed by atoms with Gasteiger partial charge in [0.15, 0.2) is 0 Å². The van der Waals surface area contributed by atoms with Crippen LogP contribution in [0.3, 0.4) is 0 Å². The fourth-order valence-electron chi connectivity index (χ4n) is 1.19. The molecule has 0 atom stereocenters. The van der Waals surface area contributed by atoms with Gasteiger partial charge in [-0.3, -0.25) is 4.98 Å². The van der Waals surface area contributed by atoms with Crippen molar-refractivity contribution in [3.05, 3.63) is 41.4 Å². The van der Waals surface area contributed by atoms with Gasteiger partial charge in [0.25, 0.3) is 0 Å². The van der Waals surface area contributed by atoms with Crippen LogP contribution < -0.4 is 0 Å². The third-order valence-electron chi connectivity index (χ3n) is 1.99. The maximum atomic E-state index is 12.3. The van der Waals surface area contributed by atoms with E-state index in [1.54, 1.807) is 0 Å². The highest BCUT2D eigenvalue weighted by Crippen LogP contribution is 2.29. The predicted molar refractivity (Wildman–Crippen MR) is 55.3 cm³/mol. The van der Waals surface area contributed by atoms with Crippen molar-refractivity contribution in [1.82, 2.24) is 15.0 Å². The molecule has 0 aromatic carbocycles. The van der Waals surface area contributed by atoms with E-state index < -0.39 is 11.7 Å². The molecule has 3 nitrogen and oxygen atoms in total. The van der Waals surface area contributed by atoms with Gasteiger partial charge < -0.3 is 0 Å². The van der Waals surface area contributed by atoms with Gasteiger partial charge in [-0.2, -0.15) is 13.2 Å². The molecule has 0 aliphatic carbocycles. The van der Waals surface area contributed by atoms with Crippen molar-refractivity contribution < 1.29 is 13.2 Å². The Bertz CT molecular complexity index is 525. The van der Waals surface area contributed by atoms with Crippen LogP contribution in [0.25, 0.3) is 11.4 Å². The summed E-state index contributed by atoms with van der Waals surface area (Å²) < 4.78 is 36.9. The summed E-state index contributed by atoms with van der Waals surface area (Å²) in [6.45, 7) is 0. The van der Waals surface area contributed by atoms with Gasteiger partial charge in [0.2, 0.25) is 0 Å². The zero-order valence-electron chi connectivity index (χ0n) is 8.24. The van der Waals surface area contributed by atoms with Crippen LogP contribution in [-0.4, -0.2) is 15.0 Å². The number of rotatable bonds is 1. The van der Waals surface area contributed by atoms with Crippen molar-refractivity contribution in [2.75, 3.05) is 0 Å². The molecule has 2 heterocycles. The van der Waals surface area contributed by atoms with E-state index in [-0.39, 0.29) is 5.15 Å². The van der Waals surface area contributed by atoms with E-state index in [9.17, 15) is 13.2 Å². The van der Waals surface area contributed by atoms with Crippen LogP contribution in [-0.2, 0) is 6.18 Å². The van der Waals surface area contributed by atoms with E-state index in [0.29, 0.717) is 11.4 Å². The molecule has 0 spiro atoms. The predicted octanol–water partition coefficient (Wildman–Crippen LogP) is 3.21. The highest BCUT2D eigenvalue weighted by Gasteiger charge is 2.30. The summed E-state index contributed by atoms with van der Waals surface area (Å²) in [6.07, 6.45) is -2.42. The first kappa shape index (κ1) is 11.8. The van der Waals surface area contributed by atoms with Crippen LogP contribution in [0, 0.1) is 0 Å². The van der Waals surface area contributed by atoms with E-state index in [4.69, 9.17) is 11.6 Å². The topological polar surface area (TPSA) is 38.7 Å². The summed E-state index contributed by atoms with van der Waals surface area (Å²) >= 11 is 5.64. The molecule has 2 aromatic rings. The third-order valence-corrected chi connectivity index (χ3v) is 2.19. The molecular weight excluding hydrogens is 255 g/mol. The Balaban J connectivity index is 2.36. The molecule has 0 amide bonds. The zero-order chi connectivity index (χ0) is 12.5. The van der Waals surface area contributed by atoms with Gasteiger partial charge in [-0.25, -0.2) is 9.97 Å². The highest BCUT2D eigenvalue weighted by molar-refractivity contribution is 6.29. The Kier molecular flexibility index (Phi) is 2.97. The van der Waals surface area contributed by atoms with Crippen LogP contribution in [0.4, 0.5) is 13.2 Å². The molecule has 0 saturated carbocycles. The molecule has 2 aromatic heterocycles. The first-order chi connectivity index (χ1) is 7.97. The molecule has 0 N–H and O–H groups in total. The number of alkyl halides is 3. The van der Waals surface area contributed by atoms with Crippen LogP contribution in [0.5, 0.6) is 0 Å². The van der Waals surface area contributed by atoms with Crippen LogP contribution in [0.1, 0.15) is 5.56 Å². The molecule has 88 valence electrons. The second-order valence-electron chi connectivity index (χ2n) is 3.16. The minimum atomic E-state index is -4.39. The second kappa shape index (κ2) is 4.29. The van der Waals surface area contributed by atoms with Crippen molar-refractivity contribution in [1.29, 1.82) is 0 Å². The zero-order valence-corrected chi connectivity index (χ0v) is 9.00. The van der Waals surface area contributed by atoms with Gasteiger partial charge in [-0.05, 0) is 12.1 Å². The fraction of sp³-hybridized carbons (Fsp3) is 0.100. The molecular formula is C10H5ClF3N3. The average Bonchev–Trinajstić information content (AvgIpc) is 2.28. The number of pyridine rings is 1. The maximum absolute atomic E-state index is 12.3. The smallest absolute Gasteiger partial charge is 0.254 e. The Morgan fingerprint density at radius 1 is 1.00 bits per heavy atom. The third kappa shape index (κ3) is 2.71. The lowest BCUT2D eigenvalue weighted by atomic mass is 10.2. The van der Waals surface area contributed by atoms with Crippen LogP contribution in [0.15, 0.2) is 30.7 Å². The first-order valence-electron chi connectivity index (χ1n) is 4.48. The van der Waals surface area contributed by atoms with Crippen molar-refractivity contribution in [3.63, 3.8) is 0 Å². The Morgan fingerprint density at radius 3 is 2.29 bits per heavy atom. The monoisotopic (exact) mass is 259 g/mol. The van der Waals surface area contributed by atoms with Gasteiger partial charge in [0, 0.05) is 12.3 Å². The van der Waals surface area contributed by atoms with Crippen molar-refractivity contribution in [2.45, 2.75) is 6.18 Å². The van der Waals surface area contributed by atoms with Crippen LogP contribution >= 0.6 is 11.6 Å². The number of hydrogen-bond acceptors (Lipinski definition) is 3. The lowest BCUT2D eigenvalue weighted by Gasteiger charge is -2.06. The van der Waals surface area contributed by atoms with Gasteiger partial charge in [-0.1, -0.05) is 11.6 Å². The molecule has 0 saturated heterocycles. The minimum Gasteiger partial charge on any atom is -0.254 e. The van der Waals surface area contributed by atoms with Gasteiger partial charge in [-0.15, -0.1) is 0 Å². The molecule has 0 radical (unpaired) electrons. The lowest BCUT2D eigenvalue weighted by molar-refractivity contribution is -0.137. The summed E-state index contributed by atoms with van der Waals surface area (Å²) in [5.41, 5.74) is -0.123. The lowest BCUT2D eigenvalue weighted by Crippen LogP contribution is -2.05. The summed E-state index contributed by atoms with van der Waals surface area (Å²) in [4.78, 5) is 11.2. The fourth-order valence-corrected chi connectivity index (χ4v) is 1.33. The minimum absolute atomic E-state index is 0.205. The Hall–Kier alpha value is -1.69. The van der Waals surface area contributed by atoms with E-state index in [2.05, 4.69) is 15.0 Å². The average molecular weight is 260 g/mol. The molecule has 0 unspecified atom stereocenters. The Labute approximate surface area is 99.3 Å². The molecule has 2 rings (SSSR count). The first-order valence-corrected chi connectivity index (χ1v) is 4.86. The quantitative estimate of drug-likeness (QED) is 0.738. The molecule has 7 heteroatoms. The standard InChI is InChI=1S/C10H5ClF3N3/c11-9-3-8(16-5-17-9)7-2-1-6(4-15-7)10(12,13)14/h1-5H. The molecule has 0 aliphatic rings. The molecule has 0 bridgehead atoms. The van der Waals surface area contributed by atoms with E-state index in [1.165, 1.54) is 18.5 Å². The molecule has 0 aliphatic heterocycles. The summed E-state index contributed by atoms with van der Waals surface area (Å²) in [5, 5.41) is 0.205. The number of halogens is 4. The van der Waals surface area contributed by atoms with Crippen molar-refractivity contribution >= 4 is 11.6 Å². The van der Waals surface area contributed by atoms with E-state index >= 15 is 0 Å². The Morgan fingerprint density at radius 2 is 1.76 bits per heavy atom. The summed E-state index contributed by atoms with van der Waals surface area (Å²) in [5.74, 6) is 0. The second-order valence-corrected chi connectivity index (χ2v) is 3.54. The summed E-state index contributed by atoms with van der Waals surface area (Å²) in [6, 6.07) is 3.61. The van der Waals surface area contributed by atoms with Crippen molar-refractivity contribution in [3.8, 4) is 11.4 Å². The van der Waals surface area contributed by atoms with Crippen molar-refractivity contribution in [2.24, 2.45) is 0 Å². The van der Waals surface area contributed by atoms with E-state index in [0.717, 1.165) is 12.3 Å². The maximum Gasteiger partial charge on any atom is 0.417 e. The van der Waals surface area contributed by atoms with Gasteiger partial charge in [0.05, 0.1) is 17.0 Å². The van der Waals surface area contributed by atoms with Crippen LogP contribution in [0.2, 0.25) is 5.15 Å². The number of nitrogens with zero attached hydrogens (tertiary/aromatic N) is 3. The van der Waals surface area contributed by atoms with Gasteiger partial charge >= 0.3 is 6.18 Å². The molecule has 0 fully saturated rings. The van der Waals surface area contributed by atoms with Gasteiger partial charge in [0.1, 0.15) is 11.5 Å². The molecule has 17 heavy (non-hydrogen) atoms. The van der Waals surface area contributed by atoms with E-state index in [1.807, 2.05) is 0 Å². The SMILES string of the molecule is FC(F)(F)c1ccc(-c2cc(Cl)ncn2)nc1.